The zero-order chi connectivity index (χ0) is 17.9. The SMILES string of the molecule is O=[Si]([O-])[O-].O=[Si]([O-])[O-].O=[Si]([O-])[O-].O=[Si]([O-])[O-].O=[Si]([O-])[O-].[Fe+3].[Fe+3].[Mg+2].[Mg+2]. The first kappa shape index (κ1) is 56.3. The molecule has 2 radical (unpaired) electrons. The molecule has 0 aliphatic rings. The van der Waals surface area contributed by atoms with Crippen LogP contribution in [0.1, 0.15) is 0 Å². The monoisotopic (exact) mass is 540 g/mol. The average Bonchev–Trinajstić information content (AvgIpc) is 1.94. The molecule has 0 aromatic heterocycles. The topological polar surface area (TPSA) is 316 Å². The summed E-state index contributed by atoms with van der Waals surface area (Å²) < 4.78 is 42.6. The van der Waals surface area contributed by atoms with Gasteiger partial charge in [-0.3, -0.25) is 0 Å². The Kier molecular flexibility index (Phi) is 116. The van der Waals surface area contributed by atoms with Crippen LogP contribution in [0.2, 0.25) is 0 Å². The zero-order valence-corrected chi connectivity index (χ0v) is 20.8. The molecule has 0 fully saturated rings. The maximum atomic E-state index is 8.52. The fraction of sp³-hybridized carbons (Fsp3) is 0. The molecule has 0 spiro atoms. The Balaban J connectivity index is -0.0000000161. The summed E-state index contributed by atoms with van der Waals surface area (Å²) in [4.78, 5) is 85.2. The molecular formula is Fe2Mg2O15Si5. The van der Waals surface area contributed by atoms with Crippen molar-refractivity contribution >= 4 is 92.0 Å². The van der Waals surface area contributed by atoms with Crippen molar-refractivity contribution in [3.8, 4) is 0 Å². The van der Waals surface area contributed by atoms with E-state index in [2.05, 4.69) is 0 Å². The smallest absolute Gasteiger partial charge is 0.672 e. The molecule has 0 amide bonds. The van der Waals surface area contributed by atoms with E-state index in [9.17, 15) is 0 Å². The Hall–Kier alpha value is 0.656. The van der Waals surface area contributed by atoms with Crippen molar-refractivity contribution in [1.82, 2.24) is 0 Å². The summed E-state index contributed by atoms with van der Waals surface area (Å²) in [6, 6.07) is 0. The van der Waals surface area contributed by atoms with E-state index in [4.69, 9.17) is 70.3 Å². The van der Waals surface area contributed by atoms with E-state index in [1.165, 1.54) is 0 Å². The fourth-order valence-electron chi connectivity index (χ4n) is 0. The van der Waals surface area contributed by atoms with Gasteiger partial charge in [0.25, 0.3) is 0 Å². The quantitative estimate of drug-likeness (QED) is 0.257. The zero-order valence-electron chi connectivity index (χ0n) is 10.7. The summed E-state index contributed by atoms with van der Waals surface area (Å²) in [6.07, 6.45) is 0. The van der Waals surface area contributed by atoms with Gasteiger partial charge in [-0.15, -0.1) is 0 Å². The van der Waals surface area contributed by atoms with E-state index < -0.39 is 45.9 Å². The van der Waals surface area contributed by atoms with Crippen molar-refractivity contribution in [2.24, 2.45) is 0 Å². The van der Waals surface area contributed by atoms with Crippen molar-refractivity contribution < 1.29 is 104 Å². The number of rotatable bonds is 0. The molecular weight excluding hydrogens is 541 g/mol. The van der Waals surface area contributed by atoms with Crippen LogP contribution >= 0.6 is 0 Å². The van der Waals surface area contributed by atoms with Gasteiger partial charge in [0.05, 0.1) is 0 Å². The van der Waals surface area contributed by atoms with E-state index in [0.717, 1.165) is 0 Å². The maximum absolute atomic E-state index is 8.52. The van der Waals surface area contributed by atoms with Crippen LogP contribution in [-0.4, -0.2) is 92.0 Å². The molecule has 24 heavy (non-hydrogen) atoms. The number of hydrogen-bond donors (Lipinski definition) is 0. The van der Waals surface area contributed by atoms with Crippen molar-refractivity contribution in [3.63, 3.8) is 0 Å². The van der Waals surface area contributed by atoms with Crippen LogP contribution in [0.4, 0.5) is 0 Å². The van der Waals surface area contributed by atoms with Gasteiger partial charge in [-0.2, -0.15) is 0 Å². The van der Waals surface area contributed by atoms with E-state index in [1.54, 1.807) is 0 Å². The minimum Gasteiger partial charge on any atom is -0.672 e. The average molecular weight is 541 g/mol. The normalized spacial score (nSPS) is 5.00. The van der Waals surface area contributed by atoms with Crippen molar-refractivity contribution in [2.45, 2.75) is 0 Å². The molecule has 0 bridgehead atoms. The predicted octanol–water partition coefficient (Wildman–Crippen LogP) is -15.2. The summed E-state index contributed by atoms with van der Waals surface area (Å²) in [5.74, 6) is 0. The Labute approximate surface area is 194 Å². The predicted molar refractivity (Wildman–Crippen MR) is 43.7 cm³/mol. The third kappa shape index (κ3) is 24700. The Morgan fingerprint density at radius 1 is 0.333 bits per heavy atom. The van der Waals surface area contributed by atoms with Gasteiger partial charge in [-0.1, -0.05) is 0 Å². The Bertz CT molecular complexity index is 221. The van der Waals surface area contributed by atoms with Gasteiger partial charge in [0.2, 0.25) is 0 Å². The van der Waals surface area contributed by atoms with Crippen LogP contribution in [0.3, 0.4) is 0 Å². The molecule has 0 rings (SSSR count). The maximum Gasteiger partial charge on any atom is 3.00 e. The van der Waals surface area contributed by atoms with Gasteiger partial charge in [-0.25, -0.2) is 0 Å². The largest absolute Gasteiger partial charge is 3.00 e. The molecule has 0 aliphatic heterocycles. The van der Waals surface area contributed by atoms with Gasteiger partial charge < -0.3 is 70.3 Å². The van der Waals surface area contributed by atoms with Gasteiger partial charge in [0.15, 0.2) is 0 Å². The van der Waals surface area contributed by atoms with E-state index in [-0.39, 0.29) is 80.2 Å². The van der Waals surface area contributed by atoms with Gasteiger partial charge >= 0.3 is 80.2 Å². The van der Waals surface area contributed by atoms with Gasteiger partial charge in [0.1, 0.15) is 0 Å². The third-order valence-corrected chi connectivity index (χ3v) is 0. The first-order chi connectivity index (χ1) is 8.66. The molecule has 15 nitrogen and oxygen atoms in total. The van der Waals surface area contributed by atoms with E-state index >= 15 is 0 Å². The second-order valence-electron chi connectivity index (χ2n) is 1.25. The van der Waals surface area contributed by atoms with Crippen molar-refractivity contribution in [1.29, 1.82) is 0 Å². The minimum absolute atomic E-state index is 0. The molecule has 0 saturated heterocycles. The van der Waals surface area contributed by atoms with Crippen LogP contribution in [0.15, 0.2) is 0 Å². The molecule has 130 valence electrons. The van der Waals surface area contributed by atoms with Crippen LogP contribution in [-0.2, 0) is 56.4 Å². The number of hydrogen-bond acceptors (Lipinski definition) is 15. The fourth-order valence-corrected chi connectivity index (χ4v) is 0. The molecule has 0 unspecified atom stereocenters. The van der Waals surface area contributed by atoms with Gasteiger partial charge in [-0.05, 0) is 0 Å². The molecule has 0 aromatic rings. The van der Waals surface area contributed by atoms with Gasteiger partial charge in [0, 0.05) is 45.9 Å². The molecule has 0 atom stereocenters. The van der Waals surface area contributed by atoms with Crippen LogP contribution < -0.4 is 48.0 Å². The van der Waals surface area contributed by atoms with Crippen molar-refractivity contribution in [3.05, 3.63) is 0 Å². The summed E-state index contributed by atoms with van der Waals surface area (Å²) in [5.41, 5.74) is 0. The molecule has 24 heteroatoms. The van der Waals surface area contributed by atoms with E-state index in [0.29, 0.717) is 0 Å². The summed E-state index contributed by atoms with van der Waals surface area (Å²) >= 11 is 0. The summed E-state index contributed by atoms with van der Waals surface area (Å²) in [5, 5.41) is 0. The Morgan fingerprint density at radius 3 is 0.333 bits per heavy atom. The first-order valence-electron chi connectivity index (χ1n) is 3.06. The molecule has 0 saturated carbocycles. The molecule has 0 N–H and O–H groups in total. The standard InChI is InChI=1S/2Fe.2Mg.5O3Si/c;;;;5*1-4(2)3/q2*+3;2*+2;5*-2. The van der Waals surface area contributed by atoms with Crippen LogP contribution in [0, 0.1) is 0 Å². The molecule has 0 heterocycles. The van der Waals surface area contributed by atoms with Crippen LogP contribution in [0.5, 0.6) is 0 Å². The van der Waals surface area contributed by atoms with Crippen LogP contribution in [0.25, 0.3) is 0 Å². The second kappa shape index (κ2) is 49.5. The molecule has 0 aromatic carbocycles. The third-order valence-electron chi connectivity index (χ3n) is 0. The summed E-state index contributed by atoms with van der Waals surface area (Å²) in [6.45, 7) is 0. The second-order valence-corrected chi connectivity index (χ2v) is 3.75. The first-order valence-corrected chi connectivity index (χ1v) is 9.19. The van der Waals surface area contributed by atoms with Crippen molar-refractivity contribution in [2.75, 3.05) is 0 Å². The summed E-state index contributed by atoms with van der Waals surface area (Å²) in [7, 11) is -18.1. The minimum atomic E-state index is -3.63. The molecule has 0 aliphatic carbocycles. The Morgan fingerprint density at radius 2 is 0.333 bits per heavy atom. The van der Waals surface area contributed by atoms with E-state index in [1.807, 2.05) is 0 Å².